The van der Waals surface area contributed by atoms with Gasteiger partial charge in [0.1, 0.15) is 18.1 Å². The van der Waals surface area contributed by atoms with Gasteiger partial charge in [-0.25, -0.2) is 4.39 Å². The first kappa shape index (κ1) is 14.9. The van der Waals surface area contributed by atoms with E-state index in [1.54, 1.807) is 0 Å². The Balaban J connectivity index is 2.86. The molecule has 0 saturated carbocycles. The highest BCUT2D eigenvalue weighted by Crippen LogP contribution is 2.30. The van der Waals surface area contributed by atoms with Crippen molar-refractivity contribution >= 4 is 21.9 Å². The van der Waals surface area contributed by atoms with Crippen LogP contribution in [-0.2, 0) is 16.1 Å². The van der Waals surface area contributed by atoms with E-state index in [0.29, 0.717) is 15.8 Å². The second kappa shape index (κ2) is 6.67. The third-order valence-electron chi connectivity index (χ3n) is 2.18. The molecule has 0 aromatic heterocycles. The van der Waals surface area contributed by atoms with Crippen LogP contribution < -0.4 is 4.74 Å². The van der Waals surface area contributed by atoms with Gasteiger partial charge in [0, 0.05) is 5.56 Å². The fourth-order valence-electron chi connectivity index (χ4n) is 1.43. The van der Waals surface area contributed by atoms with Crippen LogP contribution >= 0.6 is 15.9 Å². The van der Waals surface area contributed by atoms with Crippen LogP contribution in [0, 0.1) is 5.82 Å². The maximum atomic E-state index is 13.2. The second-order valence-electron chi connectivity index (χ2n) is 3.48. The van der Waals surface area contributed by atoms with E-state index in [1.165, 1.54) is 26.4 Å². The SMILES string of the molecule is COC(=O)CN(O)Cc1cc(F)cc(Br)c1OC. The number of ether oxygens (including phenoxy) is 2. The van der Waals surface area contributed by atoms with Gasteiger partial charge in [0.05, 0.1) is 25.2 Å². The van der Waals surface area contributed by atoms with Crippen LogP contribution in [0.25, 0.3) is 0 Å². The zero-order valence-corrected chi connectivity index (χ0v) is 11.5. The molecule has 0 amide bonds. The largest absolute Gasteiger partial charge is 0.495 e. The fraction of sp³-hybridized carbons (Fsp3) is 0.364. The fourth-order valence-corrected chi connectivity index (χ4v) is 2.06. The average Bonchev–Trinajstić information content (AvgIpc) is 2.28. The van der Waals surface area contributed by atoms with E-state index in [2.05, 4.69) is 20.7 Å². The molecule has 0 bridgehead atoms. The number of rotatable bonds is 5. The lowest BCUT2D eigenvalue weighted by atomic mass is 10.2. The third kappa shape index (κ3) is 3.94. The number of nitrogens with zero attached hydrogens (tertiary/aromatic N) is 1. The standard InChI is InChI=1S/C11H13BrFNO4/c1-17-10(15)6-14(16)5-7-3-8(13)4-9(12)11(7)18-2/h3-4,16H,5-6H2,1-2H3. The normalized spacial score (nSPS) is 10.6. The summed E-state index contributed by atoms with van der Waals surface area (Å²) in [5.74, 6) is -0.656. The minimum Gasteiger partial charge on any atom is -0.495 e. The summed E-state index contributed by atoms with van der Waals surface area (Å²) in [7, 11) is 2.65. The Labute approximate surface area is 112 Å². The van der Waals surface area contributed by atoms with Crippen molar-refractivity contribution in [2.75, 3.05) is 20.8 Å². The molecule has 0 fully saturated rings. The number of esters is 1. The molecule has 7 heteroatoms. The van der Waals surface area contributed by atoms with Crippen LogP contribution in [0.1, 0.15) is 5.56 Å². The lowest BCUT2D eigenvalue weighted by Gasteiger charge is -2.16. The monoisotopic (exact) mass is 321 g/mol. The molecule has 100 valence electrons. The van der Waals surface area contributed by atoms with Gasteiger partial charge in [-0.2, -0.15) is 5.06 Å². The molecule has 1 rings (SSSR count). The van der Waals surface area contributed by atoms with Crippen LogP contribution in [0.15, 0.2) is 16.6 Å². The van der Waals surface area contributed by atoms with Gasteiger partial charge in [0.15, 0.2) is 0 Å². The highest BCUT2D eigenvalue weighted by atomic mass is 79.9. The molecular weight excluding hydrogens is 309 g/mol. The van der Waals surface area contributed by atoms with E-state index in [0.717, 1.165) is 5.06 Å². The zero-order chi connectivity index (χ0) is 13.7. The Morgan fingerprint density at radius 2 is 2.17 bits per heavy atom. The maximum Gasteiger partial charge on any atom is 0.322 e. The van der Waals surface area contributed by atoms with E-state index in [9.17, 15) is 14.4 Å². The van der Waals surface area contributed by atoms with E-state index in [1.807, 2.05) is 0 Å². The number of hydrogen-bond acceptors (Lipinski definition) is 5. The summed E-state index contributed by atoms with van der Waals surface area (Å²) in [5, 5.41) is 10.3. The number of benzene rings is 1. The Morgan fingerprint density at radius 1 is 1.50 bits per heavy atom. The second-order valence-corrected chi connectivity index (χ2v) is 4.33. The molecule has 0 spiro atoms. The molecule has 0 aliphatic heterocycles. The molecular formula is C11H13BrFNO4. The summed E-state index contributed by atoms with van der Waals surface area (Å²) in [6.45, 7) is -0.373. The quantitative estimate of drug-likeness (QED) is 0.663. The number of hydrogen-bond donors (Lipinski definition) is 1. The first-order valence-corrected chi connectivity index (χ1v) is 5.79. The van der Waals surface area contributed by atoms with E-state index >= 15 is 0 Å². The highest BCUT2D eigenvalue weighted by molar-refractivity contribution is 9.10. The molecule has 18 heavy (non-hydrogen) atoms. The van der Waals surface area contributed by atoms with Crippen LogP contribution in [0.5, 0.6) is 5.75 Å². The van der Waals surface area contributed by atoms with E-state index in [4.69, 9.17) is 4.74 Å². The number of halogens is 2. The molecule has 0 radical (unpaired) electrons. The molecule has 1 N–H and O–H groups in total. The van der Waals surface area contributed by atoms with Crippen molar-refractivity contribution in [2.45, 2.75) is 6.54 Å². The van der Waals surface area contributed by atoms with Gasteiger partial charge in [-0.15, -0.1) is 0 Å². The highest BCUT2D eigenvalue weighted by Gasteiger charge is 2.15. The lowest BCUT2D eigenvalue weighted by Crippen LogP contribution is -2.27. The Kier molecular flexibility index (Phi) is 5.52. The minimum absolute atomic E-state index is 0.0609. The minimum atomic E-state index is -0.591. The van der Waals surface area contributed by atoms with Gasteiger partial charge in [-0.3, -0.25) is 4.79 Å². The topological polar surface area (TPSA) is 59.0 Å². The summed E-state index contributed by atoms with van der Waals surface area (Å²) in [6.07, 6.45) is 0. The molecule has 0 aliphatic carbocycles. The summed E-state index contributed by atoms with van der Waals surface area (Å²) in [6, 6.07) is 2.48. The van der Waals surface area contributed by atoms with Crippen molar-refractivity contribution in [1.82, 2.24) is 5.06 Å². The van der Waals surface area contributed by atoms with Crippen molar-refractivity contribution in [3.8, 4) is 5.75 Å². The maximum absolute atomic E-state index is 13.2. The van der Waals surface area contributed by atoms with Crippen molar-refractivity contribution in [1.29, 1.82) is 0 Å². The smallest absolute Gasteiger partial charge is 0.322 e. The van der Waals surface area contributed by atoms with E-state index in [-0.39, 0.29) is 13.1 Å². The molecule has 0 saturated heterocycles. The first-order chi connectivity index (χ1) is 8.47. The molecule has 0 atom stereocenters. The summed E-state index contributed by atoms with van der Waals surface area (Å²) in [4.78, 5) is 11.0. The van der Waals surface area contributed by atoms with Gasteiger partial charge < -0.3 is 14.7 Å². The number of hydroxylamine groups is 2. The summed E-state index contributed by atoms with van der Waals surface area (Å²) in [5.41, 5.74) is 0.413. The van der Waals surface area contributed by atoms with Crippen LogP contribution in [0.4, 0.5) is 4.39 Å². The number of carbonyl (C=O) groups is 1. The van der Waals surface area contributed by atoms with Crippen LogP contribution in [-0.4, -0.2) is 37.0 Å². The lowest BCUT2D eigenvalue weighted by molar-refractivity contribution is -0.158. The Morgan fingerprint density at radius 3 is 2.72 bits per heavy atom. The van der Waals surface area contributed by atoms with E-state index < -0.39 is 11.8 Å². The third-order valence-corrected chi connectivity index (χ3v) is 2.77. The summed E-state index contributed by atoms with van der Waals surface area (Å²) >= 11 is 3.16. The van der Waals surface area contributed by atoms with Gasteiger partial charge in [-0.1, -0.05) is 0 Å². The van der Waals surface area contributed by atoms with Crippen molar-refractivity contribution < 1.29 is 23.9 Å². The van der Waals surface area contributed by atoms with Gasteiger partial charge in [0.25, 0.3) is 0 Å². The molecule has 0 unspecified atom stereocenters. The predicted molar refractivity (Wildman–Crippen MR) is 64.9 cm³/mol. The molecule has 1 aromatic carbocycles. The van der Waals surface area contributed by atoms with Crippen LogP contribution in [0.3, 0.4) is 0 Å². The number of carbonyl (C=O) groups excluding carboxylic acids is 1. The first-order valence-electron chi connectivity index (χ1n) is 5.00. The van der Waals surface area contributed by atoms with Gasteiger partial charge in [-0.05, 0) is 28.1 Å². The predicted octanol–water partition coefficient (Wildman–Crippen LogP) is 1.96. The Hall–Kier alpha value is -1.18. The van der Waals surface area contributed by atoms with Crippen molar-refractivity contribution in [3.63, 3.8) is 0 Å². The van der Waals surface area contributed by atoms with Crippen molar-refractivity contribution in [3.05, 3.63) is 28.0 Å². The average molecular weight is 322 g/mol. The molecule has 1 aromatic rings. The van der Waals surface area contributed by atoms with Gasteiger partial charge in [0.2, 0.25) is 0 Å². The van der Waals surface area contributed by atoms with Crippen molar-refractivity contribution in [2.24, 2.45) is 0 Å². The van der Waals surface area contributed by atoms with Gasteiger partial charge >= 0.3 is 5.97 Å². The van der Waals surface area contributed by atoms with Crippen LogP contribution in [0.2, 0.25) is 0 Å². The number of methoxy groups -OCH3 is 2. The molecule has 5 nitrogen and oxygen atoms in total. The summed E-state index contributed by atoms with van der Waals surface area (Å²) < 4.78 is 23.2. The molecule has 0 aliphatic rings. The molecule has 0 heterocycles. The Bertz CT molecular complexity index is 441. The zero-order valence-electron chi connectivity index (χ0n) is 9.94.